The molecule has 3 N–H and O–H groups in total. The van der Waals surface area contributed by atoms with Gasteiger partial charge in [-0.05, 0) is 48.5 Å². The molecule has 0 saturated heterocycles. The predicted molar refractivity (Wildman–Crippen MR) is 101 cm³/mol. The Morgan fingerprint density at radius 1 is 0.815 bits per heavy atom. The summed E-state index contributed by atoms with van der Waals surface area (Å²) in [6, 6.07) is 11.8. The Balaban J connectivity index is 1.76. The highest BCUT2D eigenvalue weighted by atomic mass is 19.1. The Labute approximate surface area is 157 Å². The van der Waals surface area contributed by atoms with Crippen LogP contribution in [-0.4, -0.2) is 30.8 Å². The van der Waals surface area contributed by atoms with E-state index in [9.17, 15) is 18.8 Å². The molecule has 0 spiro atoms. The number of hydrogen-bond acceptors (Lipinski definition) is 3. The van der Waals surface area contributed by atoms with E-state index in [0.717, 1.165) is 0 Å². The number of halogens is 1. The largest absolute Gasteiger partial charge is 0.350 e. The van der Waals surface area contributed by atoms with Crippen LogP contribution in [0.25, 0.3) is 0 Å². The lowest BCUT2D eigenvalue weighted by Gasteiger charge is -2.09. The van der Waals surface area contributed by atoms with Crippen molar-refractivity contribution >= 4 is 23.4 Å². The van der Waals surface area contributed by atoms with E-state index < -0.39 is 5.82 Å². The molecule has 0 aromatic heterocycles. The number of benzene rings is 2. The number of carbonyl (C=O) groups is 3. The van der Waals surface area contributed by atoms with Crippen LogP contribution in [-0.2, 0) is 4.79 Å². The van der Waals surface area contributed by atoms with E-state index in [1.54, 1.807) is 38.1 Å². The molecule has 0 radical (unpaired) electrons. The van der Waals surface area contributed by atoms with Crippen molar-refractivity contribution in [1.82, 2.24) is 10.6 Å². The smallest absolute Gasteiger partial charge is 0.251 e. The Morgan fingerprint density at radius 2 is 1.26 bits per heavy atom. The minimum Gasteiger partial charge on any atom is -0.350 e. The van der Waals surface area contributed by atoms with Gasteiger partial charge in [-0.3, -0.25) is 14.4 Å². The van der Waals surface area contributed by atoms with Crippen LogP contribution in [0.5, 0.6) is 0 Å². The van der Waals surface area contributed by atoms with Crippen molar-refractivity contribution in [3.8, 4) is 0 Å². The fraction of sp³-hybridized carbons (Fsp3) is 0.250. The van der Waals surface area contributed by atoms with Crippen molar-refractivity contribution in [2.45, 2.75) is 13.8 Å². The average molecular weight is 371 g/mol. The molecule has 7 heteroatoms. The number of amides is 3. The second kappa shape index (κ2) is 9.47. The van der Waals surface area contributed by atoms with Gasteiger partial charge in [0.25, 0.3) is 11.8 Å². The molecular formula is C20H22FN3O3. The number of carbonyl (C=O) groups excluding carboxylic acids is 3. The fourth-order valence-electron chi connectivity index (χ4n) is 2.15. The second-order valence-corrected chi connectivity index (χ2v) is 6.24. The quantitative estimate of drug-likeness (QED) is 0.654. The molecule has 0 aliphatic rings. The zero-order valence-electron chi connectivity index (χ0n) is 15.2. The van der Waals surface area contributed by atoms with Crippen molar-refractivity contribution in [2.75, 3.05) is 18.4 Å². The van der Waals surface area contributed by atoms with E-state index in [2.05, 4.69) is 16.0 Å². The van der Waals surface area contributed by atoms with Gasteiger partial charge in [0, 0.05) is 35.8 Å². The number of anilines is 1. The SMILES string of the molecule is CC(C)C(=O)Nc1ccc(C(=O)NCCNC(=O)c2ccc(F)cc2)cc1. The highest BCUT2D eigenvalue weighted by molar-refractivity contribution is 5.96. The minimum absolute atomic E-state index is 0.0934. The van der Waals surface area contributed by atoms with Gasteiger partial charge in [-0.15, -0.1) is 0 Å². The van der Waals surface area contributed by atoms with E-state index >= 15 is 0 Å². The first-order valence-corrected chi connectivity index (χ1v) is 8.59. The third kappa shape index (κ3) is 6.22. The summed E-state index contributed by atoms with van der Waals surface area (Å²) in [5, 5.41) is 8.08. The van der Waals surface area contributed by atoms with Gasteiger partial charge in [-0.2, -0.15) is 0 Å². The van der Waals surface area contributed by atoms with Crippen LogP contribution in [0.4, 0.5) is 10.1 Å². The standard InChI is InChI=1S/C20H22FN3O3/c1-13(2)18(25)24-17-9-5-15(6-10-17)20(27)23-12-11-22-19(26)14-3-7-16(21)8-4-14/h3-10,13H,11-12H2,1-2H3,(H,22,26)(H,23,27)(H,24,25). The van der Waals surface area contributed by atoms with Crippen LogP contribution in [0.3, 0.4) is 0 Å². The molecule has 2 rings (SSSR count). The highest BCUT2D eigenvalue weighted by Crippen LogP contribution is 2.11. The zero-order chi connectivity index (χ0) is 19.8. The molecule has 2 aromatic carbocycles. The summed E-state index contributed by atoms with van der Waals surface area (Å²) in [6.07, 6.45) is 0. The van der Waals surface area contributed by atoms with Gasteiger partial charge in [0.15, 0.2) is 0 Å². The number of hydrogen-bond donors (Lipinski definition) is 3. The lowest BCUT2D eigenvalue weighted by atomic mass is 10.1. The zero-order valence-corrected chi connectivity index (χ0v) is 15.2. The molecule has 6 nitrogen and oxygen atoms in total. The van der Waals surface area contributed by atoms with Gasteiger partial charge in [0.2, 0.25) is 5.91 Å². The van der Waals surface area contributed by atoms with Crippen LogP contribution in [0.2, 0.25) is 0 Å². The monoisotopic (exact) mass is 371 g/mol. The number of rotatable bonds is 7. The molecule has 2 aromatic rings. The van der Waals surface area contributed by atoms with Gasteiger partial charge in [-0.1, -0.05) is 13.8 Å². The minimum atomic E-state index is -0.409. The molecule has 0 bridgehead atoms. The first kappa shape index (κ1) is 20.1. The van der Waals surface area contributed by atoms with Crippen LogP contribution in [0.1, 0.15) is 34.6 Å². The molecule has 142 valence electrons. The molecule has 0 unspecified atom stereocenters. The van der Waals surface area contributed by atoms with Gasteiger partial charge in [0.05, 0.1) is 0 Å². The highest BCUT2D eigenvalue weighted by Gasteiger charge is 2.09. The Kier molecular flexibility index (Phi) is 7.05. The third-order valence-corrected chi connectivity index (χ3v) is 3.74. The molecule has 0 fully saturated rings. The molecule has 3 amide bonds. The van der Waals surface area contributed by atoms with Crippen molar-refractivity contribution in [3.05, 3.63) is 65.5 Å². The Morgan fingerprint density at radius 3 is 1.70 bits per heavy atom. The van der Waals surface area contributed by atoms with Crippen LogP contribution in [0, 0.1) is 11.7 Å². The maximum absolute atomic E-state index is 12.8. The lowest BCUT2D eigenvalue weighted by Crippen LogP contribution is -2.34. The predicted octanol–water partition coefficient (Wildman–Crippen LogP) is 2.58. The Bertz CT molecular complexity index is 802. The molecule has 0 heterocycles. The molecule has 0 atom stereocenters. The second-order valence-electron chi connectivity index (χ2n) is 6.24. The van der Waals surface area contributed by atoms with E-state index in [4.69, 9.17) is 0 Å². The molecule has 27 heavy (non-hydrogen) atoms. The maximum Gasteiger partial charge on any atom is 0.251 e. The molecule has 0 aliphatic carbocycles. The van der Waals surface area contributed by atoms with Gasteiger partial charge >= 0.3 is 0 Å². The topological polar surface area (TPSA) is 87.3 Å². The molecule has 0 saturated carbocycles. The first-order chi connectivity index (χ1) is 12.9. The van der Waals surface area contributed by atoms with Gasteiger partial charge in [0.1, 0.15) is 5.82 Å². The van der Waals surface area contributed by atoms with Crippen LogP contribution < -0.4 is 16.0 Å². The summed E-state index contributed by atoms with van der Waals surface area (Å²) in [4.78, 5) is 35.6. The first-order valence-electron chi connectivity index (χ1n) is 8.59. The molecule has 0 aliphatic heterocycles. The molecular weight excluding hydrogens is 349 g/mol. The van der Waals surface area contributed by atoms with E-state index in [-0.39, 0.29) is 36.7 Å². The van der Waals surface area contributed by atoms with Crippen molar-refractivity contribution < 1.29 is 18.8 Å². The summed E-state index contributed by atoms with van der Waals surface area (Å²) >= 11 is 0. The van der Waals surface area contributed by atoms with E-state index in [1.807, 2.05) is 0 Å². The normalized spacial score (nSPS) is 10.4. The average Bonchev–Trinajstić information content (AvgIpc) is 2.66. The van der Waals surface area contributed by atoms with E-state index in [1.165, 1.54) is 24.3 Å². The van der Waals surface area contributed by atoms with Gasteiger partial charge < -0.3 is 16.0 Å². The van der Waals surface area contributed by atoms with Crippen molar-refractivity contribution in [2.24, 2.45) is 5.92 Å². The number of nitrogens with one attached hydrogen (secondary N) is 3. The van der Waals surface area contributed by atoms with Crippen molar-refractivity contribution in [3.63, 3.8) is 0 Å². The Hall–Kier alpha value is -3.22. The summed E-state index contributed by atoms with van der Waals surface area (Å²) in [7, 11) is 0. The van der Waals surface area contributed by atoms with Crippen molar-refractivity contribution in [1.29, 1.82) is 0 Å². The lowest BCUT2D eigenvalue weighted by molar-refractivity contribution is -0.118. The third-order valence-electron chi connectivity index (χ3n) is 3.74. The summed E-state index contributed by atoms with van der Waals surface area (Å²) in [5.41, 5.74) is 1.42. The van der Waals surface area contributed by atoms with Crippen LogP contribution >= 0.6 is 0 Å². The van der Waals surface area contributed by atoms with Crippen LogP contribution in [0.15, 0.2) is 48.5 Å². The summed E-state index contributed by atoms with van der Waals surface area (Å²) in [5.74, 6) is -1.25. The summed E-state index contributed by atoms with van der Waals surface area (Å²) in [6.45, 7) is 4.08. The van der Waals surface area contributed by atoms with E-state index in [0.29, 0.717) is 16.8 Å². The summed E-state index contributed by atoms with van der Waals surface area (Å²) < 4.78 is 12.8. The fourth-order valence-corrected chi connectivity index (χ4v) is 2.15. The maximum atomic E-state index is 12.8. The van der Waals surface area contributed by atoms with Gasteiger partial charge in [-0.25, -0.2) is 4.39 Å².